The van der Waals surface area contributed by atoms with E-state index in [0.29, 0.717) is 6.04 Å². The first-order chi connectivity index (χ1) is 10.1. The number of methoxy groups -OCH3 is 2. The van der Waals surface area contributed by atoms with Gasteiger partial charge < -0.3 is 14.8 Å². The number of ether oxygens (including phenoxy) is 2. The Morgan fingerprint density at radius 3 is 2.38 bits per heavy atom. The quantitative estimate of drug-likeness (QED) is 0.853. The first-order valence-electron chi connectivity index (χ1n) is 7.08. The number of hydrogen-bond acceptors (Lipinski definition) is 4. The molecule has 0 radical (unpaired) electrons. The van der Waals surface area contributed by atoms with E-state index in [0.717, 1.165) is 17.1 Å². The lowest BCUT2D eigenvalue weighted by Gasteiger charge is -2.22. The second-order valence-electron chi connectivity index (χ2n) is 5.19. The normalized spacial score (nSPS) is 13.8. The van der Waals surface area contributed by atoms with Gasteiger partial charge in [-0.1, -0.05) is 6.07 Å². The van der Waals surface area contributed by atoms with E-state index in [1.54, 1.807) is 25.6 Å². The molecule has 2 aromatic rings. The molecule has 1 aromatic carbocycles. The molecule has 0 bridgehead atoms. The lowest BCUT2D eigenvalue weighted by Crippen LogP contribution is -2.22. The molecule has 0 amide bonds. The second kappa shape index (κ2) is 6.96. The van der Waals surface area contributed by atoms with Crippen LogP contribution in [0.1, 0.15) is 41.9 Å². The van der Waals surface area contributed by atoms with Crippen molar-refractivity contribution in [3.8, 4) is 11.5 Å². The van der Waals surface area contributed by atoms with Gasteiger partial charge in [0.05, 0.1) is 14.2 Å². The molecule has 21 heavy (non-hydrogen) atoms. The topological polar surface area (TPSA) is 30.5 Å². The smallest absolute Gasteiger partial charge is 0.127 e. The van der Waals surface area contributed by atoms with E-state index >= 15 is 0 Å². The third kappa shape index (κ3) is 3.57. The molecule has 4 heteroatoms. The van der Waals surface area contributed by atoms with Gasteiger partial charge in [0.25, 0.3) is 0 Å². The predicted octanol–water partition coefficient (Wildman–Crippen LogP) is 4.49. The number of rotatable bonds is 6. The van der Waals surface area contributed by atoms with Crippen LogP contribution in [0.15, 0.2) is 29.6 Å². The molecule has 0 aliphatic carbocycles. The van der Waals surface area contributed by atoms with Crippen LogP contribution in [-0.4, -0.2) is 14.2 Å². The molecule has 2 unspecified atom stereocenters. The summed E-state index contributed by atoms with van der Waals surface area (Å²) in [6.45, 7) is 6.51. The maximum atomic E-state index is 5.49. The molecule has 2 rings (SSSR count). The van der Waals surface area contributed by atoms with Gasteiger partial charge in [-0.15, -0.1) is 11.3 Å². The number of aryl methyl sites for hydroxylation is 1. The van der Waals surface area contributed by atoms with Crippen LogP contribution in [-0.2, 0) is 0 Å². The highest BCUT2D eigenvalue weighted by Crippen LogP contribution is 2.32. The van der Waals surface area contributed by atoms with E-state index < -0.39 is 0 Å². The molecule has 1 N–H and O–H groups in total. The summed E-state index contributed by atoms with van der Waals surface area (Å²) in [5.41, 5.74) is 2.48. The molecule has 0 aliphatic rings. The molecule has 0 saturated heterocycles. The molecule has 1 heterocycles. The van der Waals surface area contributed by atoms with Crippen LogP contribution < -0.4 is 14.8 Å². The number of thiophene rings is 1. The van der Waals surface area contributed by atoms with Crippen molar-refractivity contribution in [3.63, 3.8) is 0 Å². The lowest BCUT2D eigenvalue weighted by molar-refractivity contribution is 0.383. The zero-order chi connectivity index (χ0) is 15.4. The van der Waals surface area contributed by atoms with Crippen LogP contribution in [0.4, 0.5) is 0 Å². The Labute approximate surface area is 130 Å². The maximum absolute atomic E-state index is 5.49. The van der Waals surface area contributed by atoms with Gasteiger partial charge in [0.15, 0.2) is 0 Å². The Morgan fingerprint density at radius 2 is 1.81 bits per heavy atom. The van der Waals surface area contributed by atoms with Crippen molar-refractivity contribution in [1.82, 2.24) is 5.32 Å². The van der Waals surface area contributed by atoms with Crippen LogP contribution in [0, 0.1) is 6.92 Å². The summed E-state index contributed by atoms with van der Waals surface area (Å²) in [5.74, 6) is 1.66. The lowest BCUT2D eigenvalue weighted by atomic mass is 10.0. The minimum atomic E-state index is 0.197. The Morgan fingerprint density at radius 1 is 1.05 bits per heavy atom. The highest BCUT2D eigenvalue weighted by atomic mass is 32.1. The van der Waals surface area contributed by atoms with Crippen molar-refractivity contribution in [2.45, 2.75) is 32.9 Å². The molecule has 0 spiro atoms. The van der Waals surface area contributed by atoms with E-state index in [4.69, 9.17) is 9.47 Å². The predicted molar refractivity (Wildman–Crippen MR) is 88.6 cm³/mol. The second-order valence-corrected chi connectivity index (χ2v) is 6.13. The molecule has 2 atom stereocenters. The summed E-state index contributed by atoms with van der Waals surface area (Å²) in [6, 6.07) is 8.63. The molecular formula is C17H23NO2S. The zero-order valence-electron chi connectivity index (χ0n) is 13.3. The van der Waals surface area contributed by atoms with E-state index in [-0.39, 0.29) is 6.04 Å². The number of nitrogens with one attached hydrogen (secondary N) is 1. The van der Waals surface area contributed by atoms with Gasteiger partial charge >= 0.3 is 0 Å². The Balaban J connectivity index is 2.16. The first kappa shape index (κ1) is 15.9. The highest BCUT2D eigenvalue weighted by Gasteiger charge is 2.17. The largest absolute Gasteiger partial charge is 0.497 e. The average Bonchev–Trinajstić information content (AvgIpc) is 2.92. The van der Waals surface area contributed by atoms with Crippen LogP contribution in [0.3, 0.4) is 0 Å². The summed E-state index contributed by atoms with van der Waals surface area (Å²) >= 11 is 1.80. The van der Waals surface area contributed by atoms with Crippen LogP contribution >= 0.6 is 11.3 Å². The Kier molecular flexibility index (Phi) is 5.26. The number of hydrogen-bond donors (Lipinski definition) is 1. The molecule has 1 aromatic heterocycles. The van der Waals surface area contributed by atoms with Gasteiger partial charge in [0.2, 0.25) is 0 Å². The van der Waals surface area contributed by atoms with Crippen LogP contribution in [0.5, 0.6) is 11.5 Å². The van der Waals surface area contributed by atoms with Gasteiger partial charge in [0.1, 0.15) is 11.5 Å². The standard InChI is InChI=1S/C17H23NO2S/c1-11-8-9-21-17(11)13(3)18-12(2)15-7-6-14(19-4)10-16(15)20-5/h6-10,12-13,18H,1-5H3. The van der Waals surface area contributed by atoms with Gasteiger partial charge in [0, 0.05) is 28.6 Å². The van der Waals surface area contributed by atoms with Gasteiger partial charge in [-0.25, -0.2) is 0 Å². The third-order valence-electron chi connectivity index (χ3n) is 3.70. The van der Waals surface area contributed by atoms with E-state index in [9.17, 15) is 0 Å². The average molecular weight is 305 g/mol. The molecule has 114 valence electrons. The number of benzene rings is 1. The molecule has 0 fully saturated rings. The van der Waals surface area contributed by atoms with Crippen LogP contribution in [0.25, 0.3) is 0 Å². The van der Waals surface area contributed by atoms with Crippen molar-refractivity contribution in [2.75, 3.05) is 14.2 Å². The summed E-state index contributed by atoms with van der Waals surface area (Å²) < 4.78 is 10.7. The Hall–Kier alpha value is -1.52. The summed E-state index contributed by atoms with van der Waals surface area (Å²) in [5, 5.41) is 5.78. The fourth-order valence-corrected chi connectivity index (χ4v) is 3.49. The summed E-state index contributed by atoms with van der Waals surface area (Å²) in [6.07, 6.45) is 0. The highest BCUT2D eigenvalue weighted by molar-refractivity contribution is 7.10. The van der Waals surface area contributed by atoms with Crippen molar-refractivity contribution < 1.29 is 9.47 Å². The monoisotopic (exact) mass is 305 g/mol. The SMILES string of the molecule is COc1ccc(C(C)NC(C)c2sccc2C)c(OC)c1. The summed E-state index contributed by atoms with van der Waals surface area (Å²) in [4.78, 5) is 1.38. The zero-order valence-corrected chi connectivity index (χ0v) is 14.1. The van der Waals surface area contributed by atoms with Crippen LogP contribution in [0.2, 0.25) is 0 Å². The maximum Gasteiger partial charge on any atom is 0.127 e. The van der Waals surface area contributed by atoms with Gasteiger partial charge in [-0.2, -0.15) is 0 Å². The fourth-order valence-electron chi connectivity index (χ4n) is 2.54. The Bertz CT molecular complexity index is 594. The fraction of sp³-hybridized carbons (Fsp3) is 0.412. The van der Waals surface area contributed by atoms with Crippen molar-refractivity contribution in [3.05, 3.63) is 45.6 Å². The van der Waals surface area contributed by atoms with Gasteiger partial charge in [-0.05, 0) is 43.8 Å². The molecule has 0 aliphatic heterocycles. The van der Waals surface area contributed by atoms with Crippen molar-refractivity contribution >= 4 is 11.3 Å². The van der Waals surface area contributed by atoms with Gasteiger partial charge in [-0.3, -0.25) is 0 Å². The van der Waals surface area contributed by atoms with Crippen molar-refractivity contribution in [2.24, 2.45) is 0 Å². The minimum Gasteiger partial charge on any atom is -0.497 e. The van der Waals surface area contributed by atoms with E-state index in [1.165, 1.54) is 10.4 Å². The molecular weight excluding hydrogens is 282 g/mol. The van der Waals surface area contributed by atoms with E-state index in [1.807, 2.05) is 12.1 Å². The van der Waals surface area contributed by atoms with Crippen molar-refractivity contribution in [1.29, 1.82) is 0 Å². The molecule has 0 saturated carbocycles. The first-order valence-corrected chi connectivity index (χ1v) is 7.96. The van der Waals surface area contributed by atoms with E-state index in [2.05, 4.69) is 43.6 Å². The summed E-state index contributed by atoms with van der Waals surface area (Å²) in [7, 11) is 3.36. The minimum absolute atomic E-state index is 0.197. The third-order valence-corrected chi connectivity index (χ3v) is 4.90. The molecule has 3 nitrogen and oxygen atoms in total.